The summed E-state index contributed by atoms with van der Waals surface area (Å²) < 4.78 is 105. The third kappa shape index (κ3) is 22.5. The molecule has 0 bridgehead atoms. The summed E-state index contributed by atoms with van der Waals surface area (Å²) in [5.74, 6) is -5.64. The van der Waals surface area contributed by atoms with Gasteiger partial charge in [-0.3, -0.25) is 9.59 Å². The molecule has 664 valence electrons. The molecule has 0 aromatic heterocycles. The molecule has 0 saturated carbocycles. The van der Waals surface area contributed by atoms with Crippen LogP contribution in [0.15, 0.2) is 47.4 Å². The normalized spacial score (nSPS) is 46.1. The van der Waals surface area contributed by atoms with Crippen LogP contribution in [0.3, 0.4) is 0 Å². The van der Waals surface area contributed by atoms with Gasteiger partial charge in [0.15, 0.2) is 25.2 Å². The molecule has 0 radical (unpaired) electrons. The second-order valence-electron chi connectivity index (χ2n) is 36.3. The summed E-state index contributed by atoms with van der Waals surface area (Å²) >= 11 is 0. The number of benzene rings is 2. The Kier molecular flexibility index (Phi) is 34.2. The van der Waals surface area contributed by atoms with Crippen molar-refractivity contribution >= 4 is 32.7 Å². The van der Waals surface area contributed by atoms with E-state index in [9.17, 15) is 69.1 Å². The van der Waals surface area contributed by atoms with Gasteiger partial charge in [0.2, 0.25) is 10.0 Å². The van der Waals surface area contributed by atoms with E-state index in [2.05, 4.69) is 5.32 Å². The molecular weight excluding hydrogens is 1510 g/mol. The zero-order valence-corrected chi connectivity index (χ0v) is 74.0. The van der Waals surface area contributed by atoms with Gasteiger partial charge < -0.3 is 123 Å². The van der Waals surface area contributed by atoms with Gasteiger partial charge in [-0.15, -0.1) is 0 Å². The number of carbonyl (C=O) groups excluding carboxylic acids is 2. The molecule has 115 heavy (non-hydrogen) atoms. The number of nitrogens with one attached hydrogen (secondary N) is 1. The molecule has 6 aliphatic rings. The van der Waals surface area contributed by atoms with E-state index >= 15 is 0 Å². The van der Waals surface area contributed by atoms with Gasteiger partial charge in [-0.1, -0.05) is 71.9 Å². The Morgan fingerprint density at radius 2 is 0.930 bits per heavy atom. The fraction of sp³-hybridized carbons (Fsp3) is 0.857. The standard InChI is InChI=1S/C47H76N2O14S.C37H70N2O12/c1-14-36-47(10,55)40(51)30(6)48(11)25-26(2)23-45(8,54)42(28(4)39(29(5)43(53)61-36)62-37-24-46(9,58-13)41(52)31(7)60-37)63-44-38(50)35(21-27(3)59-44)49(12)64(56,57)34-20-19-32-17-15-16-18-33(32)22-34;1-14-26-37(10,45)30(41)23(6)39(12)18-19(2)16-35(8,44)32(51-34-28(40)25(38-11)15-20(3)47-34)21(4)29(22(5)33(43)49-26)50-27-17-36(9,46-13)31(42)24(7)48-27/h15-20,22,26-31,35-42,44,50-52,54-55H,14,21,23-25H2,1-13H3;19-32,34,38,40-42,44-45H,14-18H2,1-13H3/t26-,27-,28?,29-,30-,31+,35+,36-,37+,38-,39+,40-,41+,42-,44+,45-,46-,47-;19-,20-,21?,22-,23-,24+,25+,26-,27+,28-,29+,30-,31+,32-,34+,35-,36-,37-/m11/s1. The summed E-state index contributed by atoms with van der Waals surface area (Å²) in [6, 6.07) is 9.82. The van der Waals surface area contributed by atoms with Crippen molar-refractivity contribution in [3.8, 4) is 0 Å². The average Bonchev–Trinajstić information content (AvgIpc) is 1.08. The molecule has 0 aliphatic carbocycles. The number of carbonyl (C=O) groups is 2. The predicted octanol–water partition coefficient (Wildman–Crippen LogP) is 5.37. The van der Waals surface area contributed by atoms with Gasteiger partial charge >= 0.3 is 11.9 Å². The quantitative estimate of drug-likeness (QED) is 0.0941. The third-order valence-electron chi connectivity index (χ3n) is 26.4. The first-order valence-electron chi connectivity index (χ1n) is 41.5. The number of ether oxygens (including phenoxy) is 12. The minimum absolute atomic E-state index is 0.0562. The smallest absolute Gasteiger partial charge is 0.311 e. The minimum Gasteiger partial charge on any atom is -0.459 e. The van der Waals surface area contributed by atoms with Gasteiger partial charge in [0.25, 0.3) is 0 Å². The molecule has 6 aliphatic heterocycles. The SMILES string of the molecule is CC[C@H]1OC(=O)[C@H](C)[C@@H](O[C@H]2C[C@@](C)(OC)[C@@H](O)[C@H](C)O2)C(C)[C@@H](O[C@@H]2O[C@H](C)C[C@H](N(C)S(=O)(=O)c3ccc4ccccc4c3)[C@H]2O)[C@](C)(O)C[C@@H](C)CN(C)[C@H](C)[C@@H](O)[C@]1(C)O.CC[C@H]1OC(=O)[C@H](C)[C@@H](O[C@H]2C[C@@](C)(OC)[C@@H](O)[C@H](C)O2)C(C)[C@@H](O[C@@H]2O[C@H](C)C[C@H](NC)[C@H]2O)[C@](C)(O)C[C@@H](C)CN(C)[C@H](C)[C@@H](O)[C@]1(C)O. The fourth-order valence-electron chi connectivity index (χ4n) is 18.8. The van der Waals surface area contributed by atoms with E-state index in [1.54, 1.807) is 123 Å². The van der Waals surface area contributed by atoms with Crippen LogP contribution in [0.4, 0.5) is 0 Å². The molecule has 31 heteroatoms. The van der Waals surface area contributed by atoms with E-state index in [4.69, 9.17) is 56.8 Å². The van der Waals surface area contributed by atoms with Crippen LogP contribution in [-0.2, 0) is 76.5 Å². The predicted molar refractivity (Wildman–Crippen MR) is 429 cm³/mol. The highest BCUT2D eigenvalue weighted by Gasteiger charge is 2.57. The summed E-state index contributed by atoms with van der Waals surface area (Å²) in [5.41, 5.74) is -9.06. The maximum atomic E-state index is 14.4. The summed E-state index contributed by atoms with van der Waals surface area (Å²) in [6.45, 7) is 35.3. The highest BCUT2D eigenvalue weighted by Crippen LogP contribution is 2.44. The van der Waals surface area contributed by atoms with E-state index in [0.29, 0.717) is 19.5 Å². The Hall–Kier alpha value is -3.37. The first-order valence-corrected chi connectivity index (χ1v) is 42.9. The second kappa shape index (κ2) is 39.9. The first kappa shape index (κ1) is 98.7. The number of aliphatic hydroxyl groups is 10. The van der Waals surface area contributed by atoms with Crippen LogP contribution in [0.5, 0.6) is 0 Å². The summed E-state index contributed by atoms with van der Waals surface area (Å²) in [4.78, 5) is 32.4. The number of sulfonamides is 1. The Balaban J connectivity index is 0.000000327. The molecule has 2 aromatic rings. The highest BCUT2D eigenvalue weighted by molar-refractivity contribution is 7.89. The lowest BCUT2D eigenvalue weighted by molar-refractivity contribution is -0.317. The van der Waals surface area contributed by atoms with Crippen LogP contribution in [0.25, 0.3) is 10.8 Å². The topological polar surface area (TPSA) is 403 Å². The highest BCUT2D eigenvalue weighted by atomic mass is 32.2. The van der Waals surface area contributed by atoms with Crippen molar-refractivity contribution in [3.05, 3.63) is 42.5 Å². The number of hydrogen-bond donors (Lipinski definition) is 11. The Labute approximate surface area is 683 Å². The zero-order valence-electron chi connectivity index (χ0n) is 73.2. The lowest BCUT2D eigenvalue weighted by Crippen LogP contribution is -2.61. The Morgan fingerprint density at radius 1 is 0.539 bits per heavy atom. The van der Waals surface area contributed by atoms with Gasteiger partial charge in [-0.05, 0) is 191 Å². The number of fused-ring (bicyclic) bond motifs is 1. The lowest BCUT2D eigenvalue weighted by atomic mass is 9.77. The third-order valence-corrected chi connectivity index (χ3v) is 28.2. The van der Waals surface area contributed by atoms with Crippen molar-refractivity contribution in [3.63, 3.8) is 0 Å². The number of likely N-dealkylation sites (N-methyl/N-ethyl adjacent to an activating group) is 4. The Bertz CT molecular complexity index is 3530. The fourth-order valence-corrected chi connectivity index (χ4v) is 20.2. The zero-order chi connectivity index (χ0) is 86.7. The van der Waals surface area contributed by atoms with E-state index in [0.717, 1.165) is 15.1 Å². The number of cyclic esters (lactones) is 2. The van der Waals surface area contributed by atoms with Crippen LogP contribution >= 0.6 is 0 Å². The van der Waals surface area contributed by atoms with E-state index in [-0.39, 0.29) is 73.8 Å². The molecule has 2 unspecified atom stereocenters. The van der Waals surface area contributed by atoms with Crippen molar-refractivity contribution < 1.29 is 126 Å². The van der Waals surface area contributed by atoms with Crippen LogP contribution < -0.4 is 5.32 Å². The number of rotatable bonds is 16. The maximum absolute atomic E-state index is 14.4. The van der Waals surface area contributed by atoms with Crippen molar-refractivity contribution in [2.45, 2.75) is 375 Å². The van der Waals surface area contributed by atoms with Gasteiger partial charge in [0.05, 0.1) is 94.0 Å². The monoisotopic (exact) mass is 1660 g/mol. The largest absolute Gasteiger partial charge is 0.459 e. The molecule has 8 rings (SSSR count). The lowest BCUT2D eigenvalue weighted by Gasteiger charge is -2.48. The first-order chi connectivity index (χ1) is 53.2. The average molecular weight is 1660 g/mol. The van der Waals surface area contributed by atoms with Crippen molar-refractivity contribution in [2.24, 2.45) is 35.5 Å². The summed E-state index contributed by atoms with van der Waals surface area (Å²) in [7, 11) is 5.65. The van der Waals surface area contributed by atoms with Gasteiger partial charge in [0.1, 0.15) is 60.0 Å². The Morgan fingerprint density at radius 3 is 1.32 bits per heavy atom. The number of methoxy groups -OCH3 is 2. The second-order valence-corrected chi connectivity index (χ2v) is 38.3. The van der Waals surface area contributed by atoms with Crippen LogP contribution in [-0.4, -0.2) is 322 Å². The molecule has 6 fully saturated rings. The molecule has 2 aromatic carbocycles. The number of hydrogen-bond acceptors (Lipinski definition) is 29. The molecule has 30 nitrogen and oxygen atoms in total. The molecular formula is C84H146N4O26S. The van der Waals surface area contributed by atoms with E-state index in [1.165, 1.54) is 41.2 Å². The molecule has 6 saturated heterocycles. The van der Waals surface area contributed by atoms with Crippen molar-refractivity contribution in [1.82, 2.24) is 19.4 Å². The number of esters is 2. The van der Waals surface area contributed by atoms with Crippen LogP contribution in [0.1, 0.15) is 190 Å². The van der Waals surface area contributed by atoms with Crippen molar-refractivity contribution in [1.29, 1.82) is 0 Å². The summed E-state index contributed by atoms with van der Waals surface area (Å²) in [6.07, 6.45) is -19.0. The number of aliphatic hydroxyl groups excluding tert-OH is 6. The van der Waals surface area contributed by atoms with E-state index < -0.39 is 214 Å². The molecule has 6 heterocycles. The van der Waals surface area contributed by atoms with E-state index in [1.807, 2.05) is 68.8 Å². The van der Waals surface area contributed by atoms with Gasteiger partial charge in [-0.2, -0.15) is 4.31 Å². The maximum Gasteiger partial charge on any atom is 0.311 e. The minimum atomic E-state index is -4.15. The van der Waals surface area contributed by atoms with Gasteiger partial charge in [-0.25, -0.2) is 8.42 Å². The van der Waals surface area contributed by atoms with Crippen LogP contribution in [0.2, 0.25) is 0 Å². The number of nitrogens with zero attached hydrogens (tertiary/aromatic N) is 3. The molecule has 36 atom stereocenters. The van der Waals surface area contributed by atoms with Crippen LogP contribution in [0, 0.1) is 35.5 Å². The molecule has 0 spiro atoms. The summed E-state index contributed by atoms with van der Waals surface area (Å²) in [5, 5.41) is 122. The molecule has 11 N–H and O–H groups in total. The molecule has 0 amide bonds. The van der Waals surface area contributed by atoms with Gasteiger partial charge in [0, 0.05) is 77.2 Å². The van der Waals surface area contributed by atoms with Crippen molar-refractivity contribution in [2.75, 3.05) is 55.5 Å².